The molecule has 1 aromatic rings. The van der Waals surface area contributed by atoms with Crippen LogP contribution in [0.5, 0.6) is 5.75 Å². The van der Waals surface area contributed by atoms with Gasteiger partial charge in [-0.25, -0.2) is 0 Å². The topological polar surface area (TPSA) is 41.6 Å². The first-order valence-electron chi connectivity index (χ1n) is 6.26. The Balaban J connectivity index is 2.15. The number of amides is 1. The molecule has 0 aromatic heterocycles. The highest BCUT2D eigenvalue weighted by atomic mass is 16.5. The minimum Gasteiger partial charge on any atom is -0.496 e. The van der Waals surface area contributed by atoms with Gasteiger partial charge >= 0.3 is 0 Å². The van der Waals surface area contributed by atoms with Crippen molar-refractivity contribution < 1.29 is 9.53 Å². The summed E-state index contributed by atoms with van der Waals surface area (Å²) in [6.45, 7) is 3.71. The number of hydrogen-bond donors (Lipinski definition) is 1. The van der Waals surface area contributed by atoms with E-state index in [9.17, 15) is 4.79 Å². The van der Waals surface area contributed by atoms with Gasteiger partial charge in [0, 0.05) is 19.3 Å². The Morgan fingerprint density at radius 2 is 2.28 bits per heavy atom. The third-order valence-corrected chi connectivity index (χ3v) is 3.51. The van der Waals surface area contributed by atoms with Crippen LogP contribution in [0.1, 0.15) is 12.0 Å². The van der Waals surface area contributed by atoms with E-state index in [4.69, 9.17) is 4.74 Å². The minimum atomic E-state index is 0.109. The van der Waals surface area contributed by atoms with Gasteiger partial charge in [0.1, 0.15) is 5.75 Å². The zero-order chi connectivity index (χ0) is 13.1. The molecule has 0 spiro atoms. The number of carbonyl (C=O) groups is 1. The van der Waals surface area contributed by atoms with Gasteiger partial charge in [0.05, 0.1) is 13.0 Å². The lowest BCUT2D eigenvalue weighted by atomic mass is 10.1. The lowest BCUT2D eigenvalue weighted by molar-refractivity contribution is -0.121. The third kappa shape index (κ3) is 2.48. The molecule has 1 aliphatic heterocycles. The fourth-order valence-electron chi connectivity index (χ4n) is 2.34. The average Bonchev–Trinajstić information content (AvgIpc) is 2.90. The molecule has 4 heteroatoms. The number of nitrogens with zero attached hydrogens (tertiary/aromatic N) is 1. The van der Waals surface area contributed by atoms with Crippen LogP contribution < -0.4 is 15.0 Å². The number of ether oxygens (including phenoxy) is 1. The molecular weight excluding hydrogens is 228 g/mol. The Morgan fingerprint density at radius 1 is 1.50 bits per heavy atom. The predicted molar refractivity (Wildman–Crippen MR) is 72.1 cm³/mol. The molecule has 1 amide bonds. The molecule has 1 heterocycles. The van der Waals surface area contributed by atoms with E-state index in [0.29, 0.717) is 0 Å². The second kappa shape index (κ2) is 5.40. The smallest absolute Gasteiger partial charge is 0.231 e. The van der Waals surface area contributed by atoms with Crippen molar-refractivity contribution in [2.75, 3.05) is 32.1 Å². The first-order chi connectivity index (χ1) is 8.63. The standard InChI is InChI=1S/C14H20N2O2/c1-10-8-12(4-5-13(10)18-3)16(2)14(17)11-6-7-15-9-11/h4-5,8,11,15H,6-7,9H2,1-3H3. The van der Waals surface area contributed by atoms with Crippen LogP contribution in [0, 0.1) is 12.8 Å². The maximum Gasteiger partial charge on any atom is 0.231 e. The van der Waals surface area contributed by atoms with Crippen LogP contribution in [-0.4, -0.2) is 33.2 Å². The molecule has 1 aromatic carbocycles. The van der Waals surface area contributed by atoms with Gasteiger partial charge in [-0.05, 0) is 43.7 Å². The van der Waals surface area contributed by atoms with E-state index >= 15 is 0 Å². The molecule has 0 bridgehead atoms. The Hall–Kier alpha value is -1.55. The van der Waals surface area contributed by atoms with E-state index in [2.05, 4.69) is 5.32 Å². The van der Waals surface area contributed by atoms with Gasteiger partial charge in [-0.15, -0.1) is 0 Å². The number of carbonyl (C=O) groups excluding carboxylic acids is 1. The second-order valence-corrected chi connectivity index (χ2v) is 4.74. The van der Waals surface area contributed by atoms with Gasteiger partial charge in [-0.2, -0.15) is 0 Å². The van der Waals surface area contributed by atoms with Gasteiger partial charge in [0.25, 0.3) is 0 Å². The first kappa shape index (κ1) is 12.9. The number of methoxy groups -OCH3 is 1. The summed E-state index contributed by atoms with van der Waals surface area (Å²) in [7, 11) is 3.49. The molecular formula is C14H20N2O2. The second-order valence-electron chi connectivity index (χ2n) is 4.74. The zero-order valence-corrected chi connectivity index (χ0v) is 11.2. The molecule has 4 nitrogen and oxygen atoms in total. The van der Waals surface area contributed by atoms with E-state index in [1.807, 2.05) is 32.2 Å². The van der Waals surface area contributed by atoms with E-state index in [1.54, 1.807) is 12.0 Å². The van der Waals surface area contributed by atoms with Crippen LogP contribution in [0.2, 0.25) is 0 Å². The molecule has 2 rings (SSSR count). The highest BCUT2D eigenvalue weighted by molar-refractivity contribution is 5.95. The van der Waals surface area contributed by atoms with Crippen LogP contribution in [-0.2, 0) is 4.79 Å². The molecule has 1 saturated heterocycles. The lowest BCUT2D eigenvalue weighted by Gasteiger charge is -2.21. The fourth-order valence-corrected chi connectivity index (χ4v) is 2.34. The van der Waals surface area contributed by atoms with Crippen molar-refractivity contribution in [3.8, 4) is 5.75 Å². The number of nitrogens with one attached hydrogen (secondary N) is 1. The maximum absolute atomic E-state index is 12.3. The summed E-state index contributed by atoms with van der Waals surface area (Å²) in [4.78, 5) is 14.0. The number of rotatable bonds is 3. The lowest BCUT2D eigenvalue weighted by Crippen LogP contribution is -2.33. The highest BCUT2D eigenvalue weighted by Gasteiger charge is 2.26. The van der Waals surface area contributed by atoms with Crippen LogP contribution in [0.3, 0.4) is 0 Å². The monoisotopic (exact) mass is 248 g/mol. The number of benzene rings is 1. The van der Waals surface area contributed by atoms with Crippen molar-refractivity contribution in [1.82, 2.24) is 5.32 Å². The summed E-state index contributed by atoms with van der Waals surface area (Å²) >= 11 is 0. The molecule has 1 N–H and O–H groups in total. The van der Waals surface area contributed by atoms with E-state index in [0.717, 1.165) is 36.5 Å². The summed E-state index contributed by atoms with van der Waals surface area (Å²) in [6.07, 6.45) is 0.929. The molecule has 0 radical (unpaired) electrons. The Kier molecular flexibility index (Phi) is 3.87. The van der Waals surface area contributed by atoms with Crippen LogP contribution >= 0.6 is 0 Å². The molecule has 98 valence electrons. The van der Waals surface area contributed by atoms with Crippen LogP contribution in [0.25, 0.3) is 0 Å². The van der Waals surface area contributed by atoms with Gasteiger partial charge < -0.3 is 15.0 Å². The summed E-state index contributed by atoms with van der Waals surface area (Å²) in [6, 6.07) is 5.81. The summed E-state index contributed by atoms with van der Waals surface area (Å²) in [5.41, 5.74) is 1.96. The molecule has 1 atom stereocenters. The molecule has 1 fully saturated rings. The van der Waals surface area contributed by atoms with Crippen molar-refractivity contribution in [2.45, 2.75) is 13.3 Å². The van der Waals surface area contributed by atoms with Gasteiger partial charge in [0.15, 0.2) is 0 Å². The van der Waals surface area contributed by atoms with Crippen molar-refractivity contribution in [2.24, 2.45) is 5.92 Å². The highest BCUT2D eigenvalue weighted by Crippen LogP contribution is 2.25. The normalized spacial score (nSPS) is 18.7. The molecule has 0 aliphatic carbocycles. The molecule has 1 unspecified atom stereocenters. The average molecular weight is 248 g/mol. The van der Waals surface area contributed by atoms with E-state index in [-0.39, 0.29) is 11.8 Å². The van der Waals surface area contributed by atoms with Gasteiger partial charge in [-0.1, -0.05) is 0 Å². The Bertz CT molecular complexity index is 439. The van der Waals surface area contributed by atoms with Gasteiger partial charge in [0.2, 0.25) is 5.91 Å². The number of anilines is 1. The minimum absolute atomic E-state index is 0.109. The van der Waals surface area contributed by atoms with Crippen molar-refractivity contribution in [3.05, 3.63) is 23.8 Å². The molecule has 18 heavy (non-hydrogen) atoms. The van der Waals surface area contributed by atoms with Crippen molar-refractivity contribution >= 4 is 11.6 Å². The Morgan fingerprint density at radius 3 is 2.83 bits per heavy atom. The Labute approximate surface area is 108 Å². The third-order valence-electron chi connectivity index (χ3n) is 3.51. The predicted octanol–water partition coefficient (Wildman–Crippen LogP) is 1.58. The van der Waals surface area contributed by atoms with E-state index in [1.165, 1.54) is 0 Å². The summed E-state index contributed by atoms with van der Waals surface area (Å²) in [5, 5.41) is 3.22. The van der Waals surface area contributed by atoms with E-state index < -0.39 is 0 Å². The SMILES string of the molecule is COc1ccc(N(C)C(=O)C2CCNC2)cc1C. The van der Waals surface area contributed by atoms with Crippen molar-refractivity contribution in [1.29, 1.82) is 0 Å². The largest absolute Gasteiger partial charge is 0.496 e. The summed E-state index contributed by atoms with van der Waals surface area (Å²) < 4.78 is 5.23. The van der Waals surface area contributed by atoms with Crippen LogP contribution in [0.4, 0.5) is 5.69 Å². The maximum atomic E-state index is 12.3. The first-order valence-corrected chi connectivity index (χ1v) is 6.26. The number of aryl methyl sites for hydroxylation is 1. The summed E-state index contributed by atoms with van der Waals surface area (Å²) in [5.74, 6) is 1.14. The zero-order valence-electron chi connectivity index (χ0n) is 11.2. The quantitative estimate of drug-likeness (QED) is 0.883. The fraction of sp³-hybridized carbons (Fsp3) is 0.500. The number of hydrogen-bond acceptors (Lipinski definition) is 3. The van der Waals surface area contributed by atoms with Crippen molar-refractivity contribution in [3.63, 3.8) is 0 Å². The van der Waals surface area contributed by atoms with Crippen LogP contribution in [0.15, 0.2) is 18.2 Å². The van der Waals surface area contributed by atoms with Gasteiger partial charge in [-0.3, -0.25) is 4.79 Å². The molecule has 0 saturated carbocycles. The molecule has 1 aliphatic rings.